The van der Waals surface area contributed by atoms with Gasteiger partial charge in [-0.3, -0.25) is 9.59 Å². The van der Waals surface area contributed by atoms with E-state index in [1.54, 1.807) is 19.1 Å². The zero-order valence-electron chi connectivity index (χ0n) is 19.0. The number of azo groups is 1. The fraction of sp³-hybridized carbons (Fsp3) is 0.0370. The second kappa shape index (κ2) is 8.77. The van der Waals surface area contributed by atoms with E-state index >= 15 is 0 Å². The van der Waals surface area contributed by atoms with Crippen molar-refractivity contribution in [2.45, 2.75) is 6.92 Å². The van der Waals surface area contributed by atoms with E-state index in [0.717, 1.165) is 5.69 Å². The molecule has 0 aliphatic heterocycles. The van der Waals surface area contributed by atoms with Crippen LogP contribution in [0, 0.1) is 13.5 Å². The van der Waals surface area contributed by atoms with Crippen LogP contribution in [0.3, 0.4) is 0 Å². The lowest BCUT2D eigenvalue weighted by Gasteiger charge is -2.19. The largest absolute Gasteiger partial charge is 0.507 e. The number of fused-ring (bicyclic) bond motifs is 2. The van der Waals surface area contributed by atoms with Gasteiger partial charge in [0.25, 0.3) is 0 Å². The summed E-state index contributed by atoms with van der Waals surface area (Å²) in [5.74, 6) is -0.867. The predicted octanol–water partition coefficient (Wildman–Crippen LogP) is 6.16. The molecule has 1 heterocycles. The molecule has 0 bridgehead atoms. The Labute approximate surface area is 205 Å². The lowest BCUT2D eigenvalue weighted by Crippen LogP contribution is -2.21. The zero-order chi connectivity index (χ0) is 25.4. The number of nitrogens with two attached hydrogens (primary N) is 1. The number of carbonyl (C=O) groups is 2. The maximum absolute atomic E-state index is 13.3. The Hall–Kier alpha value is -5.36. The Morgan fingerprint density at radius 2 is 1.61 bits per heavy atom. The number of benzene rings is 3. The first kappa shape index (κ1) is 22.4. The first-order valence-corrected chi connectivity index (χ1v) is 10.9. The quantitative estimate of drug-likeness (QED) is 0.211. The summed E-state index contributed by atoms with van der Waals surface area (Å²) in [7, 11) is 0. The third kappa shape index (κ3) is 3.63. The first-order chi connectivity index (χ1) is 17.4. The summed E-state index contributed by atoms with van der Waals surface area (Å²) in [6.45, 7) is 9.16. The smallest absolute Gasteiger partial charge is 0.233 e. The third-order valence-corrected chi connectivity index (χ3v) is 5.84. The number of hydrogen-bond donors (Lipinski definition) is 3. The fourth-order valence-corrected chi connectivity index (χ4v) is 4.11. The van der Waals surface area contributed by atoms with Gasteiger partial charge in [-0.25, -0.2) is 9.83 Å². The van der Waals surface area contributed by atoms with Crippen molar-refractivity contribution in [2.24, 2.45) is 10.2 Å². The fourth-order valence-electron chi connectivity index (χ4n) is 4.11. The number of phenolic OH excluding ortho intramolecular Hbond substituents is 1. The topological polar surface area (TPSA) is 134 Å². The van der Waals surface area contributed by atoms with Gasteiger partial charge >= 0.3 is 0 Å². The molecule has 1 aliphatic carbocycles. The maximum Gasteiger partial charge on any atom is 0.233 e. The van der Waals surface area contributed by atoms with Gasteiger partial charge in [-0.2, -0.15) is 0 Å². The molecule has 3 aromatic carbocycles. The number of para-hydroxylation sites is 1. The number of nitrogen functional groups attached to an aromatic ring is 1. The van der Waals surface area contributed by atoms with E-state index in [2.05, 4.69) is 25.4 Å². The highest BCUT2D eigenvalue weighted by molar-refractivity contribution is 6.30. The Morgan fingerprint density at radius 1 is 0.917 bits per heavy atom. The van der Waals surface area contributed by atoms with Gasteiger partial charge in [0.15, 0.2) is 17.4 Å². The number of pyridine rings is 1. The molecule has 9 nitrogen and oxygen atoms in total. The number of ketones is 2. The monoisotopic (exact) mass is 474 g/mol. The van der Waals surface area contributed by atoms with Crippen LogP contribution in [0.15, 0.2) is 77.0 Å². The van der Waals surface area contributed by atoms with Crippen LogP contribution in [-0.2, 0) is 0 Å². The zero-order valence-corrected chi connectivity index (χ0v) is 19.0. The summed E-state index contributed by atoms with van der Waals surface area (Å²) < 4.78 is 0. The molecule has 174 valence electrons. The summed E-state index contributed by atoms with van der Waals surface area (Å²) in [5.41, 5.74) is 8.01. The molecule has 0 amide bonds. The van der Waals surface area contributed by atoms with Crippen LogP contribution in [0.5, 0.6) is 5.75 Å². The van der Waals surface area contributed by atoms with Crippen molar-refractivity contribution in [1.82, 2.24) is 4.98 Å². The van der Waals surface area contributed by atoms with Crippen LogP contribution < -0.4 is 11.1 Å². The van der Waals surface area contributed by atoms with Gasteiger partial charge < -0.3 is 16.2 Å². The number of phenols is 1. The second-order valence-corrected chi connectivity index (χ2v) is 8.03. The van der Waals surface area contributed by atoms with Crippen LogP contribution in [0.1, 0.15) is 37.4 Å². The molecule has 0 spiro atoms. The number of aromatic nitrogens is 1. The van der Waals surface area contributed by atoms with Gasteiger partial charge in [-0.1, -0.05) is 42.5 Å². The van der Waals surface area contributed by atoms with Crippen molar-refractivity contribution in [3.05, 3.63) is 106 Å². The molecule has 0 saturated heterocycles. The normalized spacial score (nSPS) is 12.2. The molecule has 5 rings (SSSR count). The van der Waals surface area contributed by atoms with E-state index < -0.39 is 5.78 Å². The van der Waals surface area contributed by atoms with Crippen molar-refractivity contribution >= 4 is 46.0 Å². The molecule has 1 aliphatic rings. The van der Waals surface area contributed by atoms with Crippen molar-refractivity contribution in [3.8, 4) is 5.75 Å². The average Bonchev–Trinajstić information content (AvgIpc) is 2.87. The minimum atomic E-state index is -0.524. The summed E-state index contributed by atoms with van der Waals surface area (Å²) in [6, 6.07) is 18.3. The number of carbonyl (C=O) groups excluding carboxylic acids is 2. The Kier molecular flexibility index (Phi) is 5.47. The Morgan fingerprint density at radius 3 is 2.33 bits per heavy atom. The summed E-state index contributed by atoms with van der Waals surface area (Å²) in [6.07, 6.45) is 0. The van der Waals surface area contributed by atoms with Gasteiger partial charge in [0, 0.05) is 16.8 Å². The number of hydrogen-bond acceptors (Lipinski definition) is 8. The van der Waals surface area contributed by atoms with Gasteiger partial charge in [-0.15, -0.1) is 10.2 Å². The molecule has 0 radical (unpaired) electrons. The average molecular weight is 474 g/mol. The molecule has 36 heavy (non-hydrogen) atoms. The van der Waals surface area contributed by atoms with Crippen molar-refractivity contribution < 1.29 is 14.7 Å². The van der Waals surface area contributed by atoms with E-state index in [-0.39, 0.29) is 62.5 Å². The SMILES string of the molecule is [C-]#[N+]c1c(N)nc(Nc2ccccc2)c(N=Nc2cccc3c2C(=O)c2c(O)cccc2C3=O)c1C. The highest BCUT2D eigenvalue weighted by atomic mass is 16.3. The van der Waals surface area contributed by atoms with Crippen molar-refractivity contribution in [2.75, 3.05) is 11.1 Å². The molecular formula is C27H18N6O3. The van der Waals surface area contributed by atoms with E-state index in [1.807, 2.05) is 30.3 Å². The van der Waals surface area contributed by atoms with Crippen LogP contribution in [-0.4, -0.2) is 21.7 Å². The maximum atomic E-state index is 13.3. The number of aromatic hydroxyl groups is 1. The summed E-state index contributed by atoms with van der Waals surface area (Å²) in [5, 5.41) is 22.1. The molecule has 0 unspecified atom stereocenters. The van der Waals surface area contributed by atoms with Crippen LogP contribution in [0.25, 0.3) is 4.85 Å². The molecule has 4 aromatic rings. The molecule has 9 heteroatoms. The molecule has 1 aromatic heterocycles. The van der Waals surface area contributed by atoms with E-state index in [0.29, 0.717) is 5.56 Å². The van der Waals surface area contributed by atoms with Crippen molar-refractivity contribution in [1.29, 1.82) is 0 Å². The molecule has 0 saturated carbocycles. The second-order valence-electron chi connectivity index (χ2n) is 8.03. The first-order valence-electron chi connectivity index (χ1n) is 10.9. The number of nitrogens with one attached hydrogen (secondary N) is 1. The predicted molar refractivity (Wildman–Crippen MR) is 135 cm³/mol. The van der Waals surface area contributed by atoms with Gasteiger partial charge in [-0.05, 0) is 36.8 Å². The van der Waals surface area contributed by atoms with Gasteiger partial charge in [0.05, 0.1) is 23.4 Å². The third-order valence-electron chi connectivity index (χ3n) is 5.84. The molecule has 0 fully saturated rings. The Bertz CT molecular complexity index is 1640. The lowest BCUT2D eigenvalue weighted by molar-refractivity contribution is 0.0977. The van der Waals surface area contributed by atoms with Crippen molar-refractivity contribution in [3.63, 3.8) is 0 Å². The summed E-state index contributed by atoms with van der Waals surface area (Å²) >= 11 is 0. The van der Waals surface area contributed by atoms with E-state index in [9.17, 15) is 14.7 Å². The van der Waals surface area contributed by atoms with Crippen LogP contribution in [0.2, 0.25) is 0 Å². The van der Waals surface area contributed by atoms with E-state index in [4.69, 9.17) is 12.3 Å². The van der Waals surface area contributed by atoms with Crippen LogP contribution in [0.4, 0.5) is 34.4 Å². The highest BCUT2D eigenvalue weighted by Gasteiger charge is 2.33. The minimum absolute atomic E-state index is 0.0456. The lowest BCUT2D eigenvalue weighted by atomic mass is 9.83. The highest BCUT2D eigenvalue weighted by Crippen LogP contribution is 2.41. The molecule has 0 atom stereocenters. The number of rotatable bonds is 4. The summed E-state index contributed by atoms with van der Waals surface area (Å²) in [4.78, 5) is 34.2. The molecule has 4 N–H and O–H groups in total. The minimum Gasteiger partial charge on any atom is -0.507 e. The van der Waals surface area contributed by atoms with Gasteiger partial charge in [0.1, 0.15) is 17.3 Å². The molecular weight excluding hydrogens is 456 g/mol. The van der Waals surface area contributed by atoms with E-state index in [1.165, 1.54) is 24.3 Å². The van der Waals surface area contributed by atoms with Crippen LogP contribution >= 0.6 is 0 Å². The number of nitrogens with zero attached hydrogens (tertiary/aromatic N) is 4. The number of anilines is 3. The standard InChI is InChI=1S/C27H18N6O3/c1-14-22(29-2)26(28)31-27(30-15-8-4-3-5-9-15)23(14)33-32-18-12-6-10-16-20(18)25(36)21-17(24(16)35)11-7-13-19(21)34/h3-13,34H,1H3,(H3,28,30,31). The Balaban J connectivity index is 1.64. The van der Waals surface area contributed by atoms with Gasteiger partial charge in [0.2, 0.25) is 5.69 Å².